The number of nitrogens with zero attached hydrogens (tertiary/aromatic N) is 2. The zero-order valence-corrected chi connectivity index (χ0v) is 10.9. The lowest BCUT2D eigenvalue weighted by molar-refractivity contribution is 0.871. The number of rotatable bonds is 4. The summed E-state index contributed by atoms with van der Waals surface area (Å²) < 4.78 is 0. The van der Waals surface area contributed by atoms with Crippen LogP contribution in [-0.2, 0) is 13.1 Å². The second-order valence-electron chi connectivity index (χ2n) is 4.51. The van der Waals surface area contributed by atoms with Crippen molar-refractivity contribution >= 4 is 5.69 Å². The molecule has 2 N–H and O–H groups in total. The predicted octanol–water partition coefficient (Wildman–Crippen LogP) is 2.49. The van der Waals surface area contributed by atoms with Crippen LogP contribution in [-0.4, -0.2) is 12.0 Å². The Labute approximate surface area is 108 Å². The largest absolute Gasteiger partial charge is 0.368 e. The molecular formula is C15H19N3. The molecule has 0 bridgehead atoms. The summed E-state index contributed by atoms with van der Waals surface area (Å²) >= 11 is 0. The summed E-state index contributed by atoms with van der Waals surface area (Å²) in [5.74, 6) is 0. The SMILES string of the molecule is Cc1ccc(CN)c(N(C)Cc2ccccn2)c1. The number of hydrogen-bond acceptors (Lipinski definition) is 3. The lowest BCUT2D eigenvalue weighted by Crippen LogP contribution is -2.19. The number of pyridine rings is 1. The first-order valence-electron chi connectivity index (χ1n) is 6.11. The molecule has 0 amide bonds. The van der Waals surface area contributed by atoms with Gasteiger partial charge < -0.3 is 10.6 Å². The van der Waals surface area contributed by atoms with Gasteiger partial charge in [0.1, 0.15) is 0 Å². The highest BCUT2D eigenvalue weighted by Gasteiger charge is 2.07. The quantitative estimate of drug-likeness (QED) is 0.894. The van der Waals surface area contributed by atoms with Crippen molar-refractivity contribution in [3.05, 3.63) is 59.4 Å². The molecule has 0 spiro atoms. The molecule has 0 radical (unpaired) electrons. The van der Waals surface area contributed by atoms with Gasteiger partial charge in [-0.15, -0.1) is 0 Å². The smallest absolute Gasteiger partial charge is 0.0598 e. The molecule has 0 aliphatic heterocycles. The number of aryl methyl sites for hydroxylation is 1. The van der Waals surface area contributed by atoms with E-state index in [9.17, 15) is 0 Å². The number of benzene rings is 1. The normalized spacial score (nSPS) is 10.4. The summed E-state index contributed by atoms with van der Waals surface area (Å²) in [6, 6.07) is 12.3. The average molecular weight is 241 g/mol. The summed E-state index contributed by atoms with van der Waals surface area (Å²) in [6.45, 7) is 3.44. The lowest BCUT2D eigenvalue weighted by Gasteiger charge is -2.22. The van der Waals surface area contributed by atoms with Crippen molar-refractivity contribution in [2.24, 2.45) is 5.73 Å². The maximum absolute atomic E-state index is 5.79. The molecule has 0 unspecified atom stereocenters. The molecule has 3 heteroatoms. The van der Waals surface area contributed by atoms with Crippen molar-refractivity contribution in [1.82, 2.24) is 4.98 Å². The second kappa shape index (κ2) is 5.65. The molecule has 0 atom stereocenters. The highest BCUT2D eigenvalue weighted by Crippen LogP contribution is 2.22. The van der Waals surface area contributed by atoms with Gasteiger partial charge in [-0.1, -0.05) is 18.2 Å². The third kappa shape index (κ3) is 2.87. The lowest BCUT2D eigenvalue weighted by atomic mass is 10.1. The summed E-state index contributed by atoms with van der Waals surface area (Å²) in [4.78, 5) is 6.54. The van der Waals surface area contributed by atoms with E-state index in [1.807, 2.05) is 24.4 Å². The Hall–Kier alpha value is -1.87. The molecule has 0 fully saturated rings. The monoisotopic (exact) mass is 241 g/mol. The van der Waals surface area contributed by atoms with Crippen molar-refractivity contribution in [2.45, 2.75) is 20.0 Å². The van der Waals surface area contributed by atoms with E-state index < -0.39 is 0 Å². The first-order chi connectivity index (χ1) is 8.70. The molecule has 0 aliphatic carbocycles. The first-order valence-corrected chi connectivity index (χ1v) is 6.11. The van der Waals surface area contributed by atoms with E-state index in [1.54, 1.807) is 0 Å². The zero-order valence-electron chi connectivity index (χ0n) is 10.9. The van der Waals surface area contributed by atoms with Gasteiger partial charge in [0.2, 0.25) is 0 Å². The predicted molar refractivity (Wildman–Crippen MR) is 75.4 cm³/mol. The van der Waals surface area contributed by atoms with E-state index in [-0.39, 0.29) is 0 Å². The van der Waals surface area contributed by atoms with Crippen LogP contribution in [0.5, 0.6) is 0 Å². The Bertz CT molecular complexity index is 508. The summed E-state index contributed by atoms with van der Waals surface area (Å²) in [5, 5.41) is 0. The standard InChI is InChI=1S/C15H19N3/c1-12-6-7-13(10-16)15(9-12)18(2)11-14-5-3-4-8-17-14/h3-9H,10-11,16H2,1-2H3. The van der Waals surface area contributed by atoms with E-state index in [4.69, 9.17) is 5.73 Å². The zero-order chi connectivity index (χ0) is 13.0. The van der Waals surface area contributed by atoms with Crippen LogP contribution in [0.25, 0.3) is 0 Å². The molecule has 18 heavy (non-hydrogen) atoms. The van der Waals surface area contributed by atoms with Crippen LogP contribution in [0.2, 0.25) is 0 Å². The number of anilines is 1. The molecule has 0 saturated carbocycles. The molecule has 0 aliphatic rings. The van der Waals surface area contributed by atoms with Gasteiger partial charge in [-0.2, -0.15) is 0 Å². The fraction of sp³-hybridized carbons (Fsp3) is 0.267. The van der Waals surface area contributed by atoms with Gasteiger partial charge in [-0.05, 0) is 36.2 Å². The summed E-state index contributed by atoms with van der Waals surface area (Å²) in [7, 11) is 2.07. The molecule has 2 rings (SSSR count). The molecule has 1 aromatic carbocycles. The number of nitrogens with two attached hydrogens (primary N) is 1. The maximum atomic E-state index is 5.79. The van der Waals surface area contributed by atoms with Crippen LogP contribution in [0, 0.1) is 6.92 Å². The minimum Gasteiger partial charge on any atom is -0.368 e. The number of hydrogen-bond donors (Lipinski definition) is 1. The van der Waals surface area contributed by atoms with Gasteiger partial charge in [-0.3, -0.25) is 4.98 Å². The Balaban J connectivity index is 2.23. The molecule has 1 aromatic heterocycles. The van der Waals surface area contributed by atoms with Crippen molar-refractivity contribution < 1.29 is 0 Å². The van der Waals surface area contributed by atoms with Crippen LogP contribution in [0.15, 0.2) is 42.6 Å². The molecule has 2 aromatic rings. The fourth-order valence-electron chi connectivity index (χ4n) is 2.02. The second-order valence-corrected chi connectivity index (χ2v) is 4.51. The van der Waals surface area contributed by atoms with Crippen molar-refractivity contribution in [3.63, 3.8) is 0 Å². The van der Waals surface area contributed by atoms with Crippen LogP contribution >= 0.6 is 0 Å². The third-order valence-electron chi connectivity index (χ3n) is 3.00. The Morgan fingerprint density at radius 2 is 2.06 bits per heavy atom. The Morgan fingerprint density at radius 1 is 1.22 bits per heavy atom. The minimum absolute atomic E-state index is 0.558. The minimum atomic E-state index is 0.558. The van der Waals surface area contributed by atoms with Crippen LogP contribution in [0.1, 0.15) is 16.8 Å². The molecule has 3 nitrogen and oxygen atoms in total. The van der Waals surface area contributed by atoms with Crippen molar-refractivity contribution in [1.29, 1.82) is 0 Å². The van der Waals surface area contributed by atoms with Crippen LogP contribution in [0.4, 0.5) is 5.69 Å². The van der Waals surface area contributed by atoms with Crippen molar-refractivity contribution in [3.8, 4) is 0 Å². The molecular weight excluding hydrogens is 222 g/mol. The van der Waals surface area contributed by atoms with Gasteiger partial charge in [-0.25, -0.2) is 0 Å². The van der Waals surface area contributed by atoms with Gasteiger partial charge in [0, 0.05) is 25.5 Å². The summed E-state index contributed by atoms with van der Waals surface area (Å²) in [6.07, 6.45) is 1.82. The maximum Gasteiger partial charge on any atom is 0.0598 e. The van der Waals surface area contributed by atoms with E-state index in [1.165, 1.54) is 16.8 Å². The summed E-state index contributed by atoms with van der Waals surface area (Å²) in [5.41, 5.74) is 10.4. The fourth-order valence-corrected chi connectivity index (χ4v) is 2.02. The van der Waals surface area contributed by atoms with Gasteiger partial charge >= 0.3 is 0 Å². The van der Waals surface area contributed by atoms with E-state index >= 15 is 0 Å². The van der Waals surface area contributed by atoms with E-state index in [2.05, 4.69) is 42.1 Å². The van der Waals surface area contributed by atoms with E-state index in [0.29, 0.717) is 6.54 Å². The van der Waals surface area contributed by atoms with Gasteiger partial charge in [0.05, 0.1) is 12.2 Å². The Morgan fingerprint density at radius 3 is 2.72 bits per heavy atom. The molecule has 1 heterocycles. The highest BCUT2D eigenvalue weighted by molar-refractivity contribution is 5.55. The molecule has 94 valence electrons. The van der Waals surface area contributed by atoms with Gasteiger partial charge in [0.15, 0.2) is 0 Å². The van der Waals surface area contributed by atoms with E-state index in [0.717, 1.165) is 12.2 Å². The Kier molecular flexibility index (Phi) is 3.95. The highest BCUT2D eigenvalue weighted by atomic mass is 15.1. The first kappa shape index (κ1) is 12.6. The topological polar surface area (TPSA) is 42.1 Å². The van der Waals surface area contributed by atoms with Gasteiger partial charge in [0.25, 0.3) is 0 Å². The van der Waals surface area contributed by atoms with Crippen LogP contribution < -0.4 is 10.6 Å². The van der Waals surface area contributed by atoms with Crippen LogP contribution in [0.3, 0.4) is 0 Å². The third-order valence-corrected chi connectivity index (χ3v) is 3.00. The molecule has 0 saturated heterocycles. The van der Waals surface area contributed by atoms with Crippen molar-refractivity contribution in [2.75, 3.05) is 11.9 Å². The number of aromatic nitrogens is 1. The average Bonchev–Trinajstić information content (AvgIpc) is 2.40.